The molecule has 2 aromatic heterocycles. The fourth-order valence-corrected chi connectivity index (χ4v) is 2.69. The molecule has 26 heavy (non-hydrogen) atoms. The van der Waals surface area contributed by atoms with E-state index in [1.807, 2.05) is 39.8 Å². The molecular weight excluding hydrogens is 328 g/mol. The van der Waals surface area contributed by atoms with Crippen LogP contribution in [0.4, 0.5) is 17.5 Å². The number of unbranched alkanes of at least 4 members (excludes halogenated alkanes) is 2. The Morgan fingerprint density at radius 3 is 2.58 bits per heavy atom. The molecule has 0 saturated carbocycles. The summed E-state index contributed by atoms with van der Waals surface area (Å²) in [5.41, 5.74) is 1.78. The molecule has 0 aromatic carbocycles. The van der Waals surface area contributed by atoms with Crippen LogP contribution in [0.2, 0.25) is 0 Å². The Kier molecular flexibility index (Phi) is 6.58. The standard InChI is InChI=1S/C19H28N6O/c1-13-10-16(22-17-11-14(2)24-25-17)23-18(15(13)12-20)21-9-7-5-6-8-19(3,4)26/h10-11,26H,5-9H2,1-4H3,(H3,21,22,23,24,25). The van der Waals surface area contributed by atoms with Crippen molar-refractivity contribution in [2.24, 2.45) is 0 Å². The largest absolute Gasteiger partial charge is 0.390 e. The summed E-state index contributed by atoms with van der Waals surface area (Å²) in [4.78, 5) is 4.53. The first-order valence-electron chi connectivity index (χ1n) is 8.95. The predicted molar refractivity (Wildman–Crippen MR) is 104 cm³/mol. The summed E-state index contributed by atoms with van der Waals surface area (Å²) >= 11 is 0. The molecule has 2 aromatic rings. The van der Waals surface area contributed by atoms with Crippen LogP contribution in [0.1, 0.15) is 56.4 Å². The molecule has 7 nitrogen and oxygen atoms in total. The minimum atomic E-state index is -0.606. The Hall–Kier alpha value is -2.59. The van der Waals surface area contributed by atoms with Crippen LogP contribution >= 0.6 is 0 Å². The molecule has 0 saturated heterocycles. The van der Waals surface area contributed by atoms with Crippen molar-refractivity contribution in [1.29, 1.82) is 5.26 Å². The van der Waals surface area contributed by atoms with Crippen LogP contribution < -0.4 is 10.6 Å². The molecule has 0 amide bonds. The van der Waals surface area contributed by atoms with Crippen molar-refractivity contribution in [3.63, 3.8) is 0 Å². The molecule has 0 atom stereocenters. The molecule has 0 aliphatic rings. The van der Waals surface area contributed by atoms with E-state index in [9.17, 15) is 10.4 Å². The van der Waals surface area contributed by atoms with Crippen molar-refractivity contribution >= 4 is 17.5 Å². The second-order valence-corrected chi connectivity index (χ2v) is 7.27. The van der Waals surface area contributed by atoms with E-state index in [1.54, 1.807) is 0 Å². The normalized spacial score (nSPS) is 11.2. The first kappa shape index (κ1) is 19.7. The van der Waals surface area contributed by atoms with Crippen LogP contribution in [-0.2, 0) is 0 Å². The number of aromatic nitrogens is 3. The Morgan fingerprint density at radius 1 is 1.19 bits per heavy atom. The number of aryl methyl sites for hydroxylation is 2. The van der Waals surface area contributed by atoms with E-state index in [2.05, 4.69) is 31.9 Å². The van der Waals surface area contributed by atoms with E-state index in [0.29, 0.717) is 23.0 Å². The maximum absolute atomic E-state index is 9.73. The minimum absolute atomic E-state index is 0.560. The zero-order valence-electron chi connectivity index (χ0n) is 16.0. The lowest BCUT2D eigenvalue weighted by Gasteiger charge is -2.16. The number of nitriles is 1. The van der Waals surface area contributed by atoms with Crippen LogP contribution in [0.15, 0.2) is 12.1 Å². The summed E-state index contributed by atoms with van der Waals surface area (Å²) in [6.07, 6.45) is 3.74. The third kappa shape index (κ3) is 6.05. The van der Waals surface area contributed by atoms with Gasteiger partial charge in [0.25, 0.3) is 0 Å². The van der Waals surface area contributed by atoms with Gasteiger partial charge in [0, 0.05) is 18.3 Å². The molecule has 7 heteroatoms. The van der Waals surface area contributed by atoms with Gasteiger partial charge < -0.3 is 15.7 Å². The molecule has 0 fully saturated rings. The van der Waals surface area contributed by atoms with Gasteiger partial charge in [-0.2, -0.15) is 10.4 Å². The van der Waals surface area contributed by atoms with Crippen molar-refractivity contribution in [1.82, 2.24) is 15.2 Å². The highest BCUT2D eigenvalue weighted by molar-refractivity contribution is 5.63. The topological polar surface area (TPSA) is 110 Å². The summed E-state index contributed by atoms with van der Waals surface area (Å²) in [5, 5.41) is 32.6. The van der Waals surface area contributed by atoms with Gasteiger partial charge in [-0.3, -0.25) is 5.10 Å². The van der Waals surface area contributed by atoms with Gasteiger partial charge in [-0.1, -0.05) is 12.8 Å². The number of aliphatic hydroxyl groups is 1. The van der Waals surface area contributed by atoms with E-state index in [-0.39, 0.29) is 0 Å². The van der Waals surface area contributed by atoms with E-state index < -0.39 is 5.60 Å². The number of anilines is 3. The third-order valence-corrected chi connectivity index (χ3v) is 4.05. The molecule has 140 valence electrons. The monoisotopic (exact) mass is 356 g/mol. The zero-order valence-corrected chi connectivity index (χ0v) is 16.0. The molecule has 2 heterocycles. The smallest absolute Gasteiger partial charge is 0.153 e. The number of hydrogen-bond acceptors (Lipinski definition) is 6. The van der Waals surface area contributed by atoms with E-state index in [4.69, 9.17) is 0 Å². The van der Waals surface area contributed by atoms with Crippen molar-refractivity contribution in [2.75, 3.05) is 17.2 Å². The molecule has 0 bridgehead atoms. The van der Waals surface area contributed by atoms with Gasteiger partial charge in [-0.15, -0.1) is 0 Å². The molecule has 4 N–H and O–H groups in total. The van der Waals surface area contributed by atoms with Crippen LogP contribution in [0.25, 0.3) is 0 Å². The van der Waals surface area contributed by atoms with Crippen molar-refractivity contribution < 1.29 is 5.11 Å². The quantitative estimate of drug-likeness (QED) is 0.509. The Bertz CT molecular complexity index is 769. The molecule has 2 rings (SSSR count). The summed E-state index contributed by atoms with van der Waals surface area (Å²) in [6.45, 7) is 8.22. The number of H-pyrrole nitrogens is 1. The first-order chi connectivity index (χ1) is 12.3. The fourth-order valence-electron chi connectivity index (χ4n) is 2.69. The van der Waals surface area contributed by atoms with Gasteiger partial charge in [0.15, 0.2) is 5.82 Å². The second-order valence-electron chi connectivity index (χ2n) is 7.27. The second kappa shape index (κ2) is 8.68. The molecule has 0 aliphatic carbocycles. The number of nitrogens with zero attached hydrogens (tertiary/aromatic N) is 3. The molecule has 0 radical (unpaired) electrons. The summed E-state index contributed by atoms with van der Waals surface area (Å²) in [6, 6.07) is 5.96. The van der Waals surface area contributed by atoms with Gasteiger partial charge in [-0.05, 0) is 52.2 Å². The lowest BCUT2D eigenvalue weighted by Crippen LogP contribution is -2.17. The van der Waals surface area contributed by atoms with Crippen LogP contribution in [0.5, 0.6) is 0 Å². The first-order valence-corrected chi connectivity index (χ1v) is 8.95. The van der Waals surface area contributed by atoms with Gasteiger partial charge in [0.05, 0.1) is 11.2 Å². The van der Waals surface area contributed by atoms with E-state index in [0.717, 1.165) is 43.5 Å². The molecule has 0 spiro atoms. The molecular formula is C19H28N6O. The highest BCUT2D eigenvalue weighted by atomic mass is 16.3. The number of nitrogens with one attached hydrogen (secondary N) is 3. The Morgan fingerprint density at radius 2 is 1.96 bits per heavy atom. The Labute approximate surface area is 154 Å². The summed E-state index contributed by atoms with van der Waals surface area (Å²) < 4.78 is 0. The highest BCUT2D eigenvalue weighted by Crippen LogP contribution is 2.23. The van der Waals surface area contributed by atoms with Crippen LogP contribution in [-0.4, -0.2) is 32.4 Å². The molecule has 0 unspecified atom stereocenters. The number of rotatable bonds is 9. The van der Waals surface area contributed by atoms with Crippen molar-refractivity contribution in [3.05, 3.63) is 29.0 Å². The predicted octanol–water partition coefficient (Wildman–Crippen LogP) is 3.78. The summed E-state index contributed by atoms with van der Waals surface area (Å²) in [5.74, 6) is 1.93. The van der Waals surface area contributed by atoms with Gasteiger partial charge in [0.1, 0.15) is 17.7 Å². The minimum Gasteiger partial charge on any atom is -0.390 e. The fraction of sp³-hybridized carbons (Fsp3) is 0.526. The summed E-state index contributed by atoms with van der Waals surface area (Å²) in [7, 11) is 0. The molecule has 0 aliphatic heterocycles. The van der Waals surface area contributed by atoms with Crippen molar-refractivity contribution in [2.45, 2.75) is 59.0 Å². The maximum Gasteiger partial charge on any atom is 0.153 e. The lowest BCUT2D eigenvalue weighted by molar-refractivity contribution is 0.0681. The number of pyridine rings is 1. The van der Waals surface area contributed by atoms with Gasteiger partial charge >= 0.3 is 0 Å². The lowest BCUT2D eigenvalue weighted by atomic mass is 10.0. The van der Waals surface area contributed by atoms with Gasteiger partial charge in [0.2, 0.25) is 0 Å². The highest BCUT2D eigenvalue weighted by Gasteiger charge is 2.12. The average Bonchev–Trinajstić information content (AvgIpc) is 2.94. The van der Waals surface area contributed by atoms with E-state index >= 15 is 0 Å². The number of hydrogen-bond donors (Lipinski definition) is 4. The van der Waals surface area contributed by atoms with Crippen LogP contribution in [0.3, 0.4) is 0 Å². The van der Waals surface area contributed by atoms with Crippen LogP contribution in [0, 0.1) is 25.2 Å². The van der Waals surface area contributed by atoms with Gasteiger partial charge in [-0.25, -0.2) is 4.98 Å². The zero-order chi connectivity index (χ0) is 19.2. The third-order valence-electron chi connectivity index (χ3n) is 4.05. The number of aromatic amines is 1. The maximum atomic E-state index is 9.73. The average molecular weight is 356 g/mol. The van der Waals surface area contributed by atoms with Crippen molar-refractivity contribution in [3.8, 4) is 6.07 Å². The Balaban J connectivity index is 1.96. The SMILES string of the molecule is Cc1cc(Nc2cc(C)c(C#N)c(NCCCCCC(C)(C)O)n2)n[nH]1. The van der Waals surface area contributed by atoms with E-state index in [1.165, 1.54) is 0 Å².